The van der Waals surface area contributed by atoms with E-state index in [0.717, 1.165) is 5.52 Å². The third-order valence-electron chi connectivity index (χ3n) is 2.68. The van der Waals surface area contributed by atoms with E-state index in [2.05, 4.69) is 10.3 Å². The SMILES string of the molecule is CCNC(=O)C(=O)c1c[nH]c2cccc(OC)c12. The molecule has 0 saturated heterocycles. The van der Waals surface area contributed by atoms with Gasteiger partial charge in [-0.1, -0.05) is 6.07 Å². The average Bonchev–Trinajstić information content (AvgIpc) is 2.81. The van der Waals surface area contributed by atoms with E-state index in [1.165, 1.54) is 13.3 Å². The minimum Gasteiger partial charge on any atom is -0.496 e. The highest BCUT2D eigenvalue weighted by Gasteiger charge is 2.21. The Morgan fingerprint density at radius 3 is 2.83 bits per heavy atom. The molecule has 2 rings (SSSR count). The summed E-state index contributed by atoms with van der Waals surface area (Å²) in [5.74, 6) is -0.599. The number of likely N-dealkylation sites (N-methyl/N-ethyl adjacent to an activating group) is 1. The number of benzene rings is 1. The van der Waals surface area contributed by atoms with Gasteiger partial charge in [-0.05, 0) is 19.1 Å². The summed E-state index contributed by atoms with van der Waals surface area (Å²) in [4.78, 5) is 26.5. The first-order valence-corrected chi connectivity index (χ1v) is 5.65. The molecule has 0 bridgehead atoms. The van der Waals surface area contributed by atoms with Crippen LogP contribution in [0.4, 0.5) is 0 Å². The predicted molar refractivity (Wildman–Crippen MR) is 67.9 cm³/mol. The fourth-order valence-corrected chi connectivity index (χ4v) is 1.86. The molecule has 2 N–H and O–H groups in total. The lowest BCUT2D eigenvalue weighted by molar-refractivity contribution is -0.116. The van der Waals surface area contributed by atoms with Crippen molar-refractivity contribution in [2.75, 3.05) is 13.7 Å². The number of Topliss-reactive ketones (excluding diaryl/α,β-unsaturated/α-hetero) is 1. The van der Waals surface area contributed by atoms with Crippen molar-refractivity contribution in [3.05, 3.63) is 30.0 Å². The van der Waals surface area contributed by atoms with Crippen molar-refractivity contribution in [2.24, 2.45) is 0 Å². The summed E-state index contributed by atoms with van der Waals surface area (Å²) in [5, 5.41) is 3.13. The van der Waals surface area contributed by atoms with Gasteiger partial charge in [-0.3, -0.25) is 9.59 Å². The summed E-state index contributed by atoms with van der Waals surface area (Å²) < 4.78 is 5.21. The van der Waals surface area contributed by atoms with Gasteiger partial charge in [0.25, 0.3) is 11.7 Å². The Morgan fingerprint density at radius 2 is 2.17 bits per heavy atom. The van der Waals surface area contributed by atoms with Crippen LogP contribution >= 0.6 is 0 Å². The van der Waals surface area contributed by atoms with Crippen molar-refractivity contribution in [1.82, 2.24) is 10.3 Å². The molecule has 2 aromatic rings. The summed E-state index contributed by atoms with van der Waals surface area (Å²) >= 11 is 0. The normalized spacial score (nSPS) is 10.3. The first kappa shape index (κ1) is 12.2. The van der Waals surface area contributed by atoms with Crippen LogP contribution in [-0.4, -0.2) is 30.3 Å². The quantitative estimate of drug-likeness (QED) is 0.634. The second-order valence-electron chi connectivity index (χ2n) is 3.77. The fraction of sp³-hybridized carbons (Fsp3) is 0.231. The van der Waals surface area contributed by atoms with Crippen LogP contribution in [-0.2, 0) is 4.79 Å². The number of fused-ring (bicyclic) bond motifs is 1. The number of hydrogen-bond donors (Lipinski definition) is 2. The molecule has 5 heteroatoms. The number of aromatic nitrogens is 1. The summed E-state index contributed by atoms with van der Waals surface area (Å²) in [7, 11) is 1.53. The zero-order chi connectivity index (χ0) is 13.1. The molecule has 0 saturated carbocycles. The molecule has 0 fully saturated rings. The molecule has 0 aliphatic carbocycles. The largest absolute Gasteiger partial charge is 0.496 e. The van der Waals surface area contributed by atoms with Crippen molar-refractivity contribution in [1.29, 1.82) is 0 Å². The van der Waals surface area contributed by atoms with Gasteiger partial charge in [0.2, 0.25) is 0 Å². The standard InChI is InChI=1S/C13H14N2O3/c1-3-14-13(17)12(16)8-7-15-9-5-4-6-10(18-2)11(8)9/h4-7,15H,3H2,1-2H3,(H,14,17). The monoisotopic (exact) mass is 246 g/mol. The van der Waals surface area contributed by atoms with Crippen LogP contribution in [0.5, 0.6) is 5.75 Å². The molecule has 0 spiro atoms. The molecule has 0 unspecified atom stereocenters. The van der Waals surface area contributed by atoms with Crippen molar-refractivity contribution < 1.29 is 14.3 Å². The smallest absolute Gasteiger partial charge is 0.292 e. The second kappa shape index (κ2) is 4.91. The third-order valence-corrected chi connectivity index (χ3v) is 2.68. The maximum atomic E-state index is 12.0. The molecule has 1 aromatic heterocycles. The number of methoxy groups -OCH3 is 1. The van der Waals surface area contributed by atoms with Crippen LogP contribution in [0.2, 0.25) is 0 Å². The van der Waals surface area contributed by atoms with Crippen LogP contribution in [0.1, 0.15) is 17.3 Å². The first-order valence-electron chi connectivity index (χ1n) is 5.65. The Hall–Kier alpha value is -2.30. The van der Waals surface area contributed by atoms with E-state index < -0.39 is 11.7 Å². The Kier molecular flexibility index (Phi) is 3.32. The molecule has 0 aliphatic rings. The van der Waals surface area contributed by atoms with Gasteiger partial charge in [-0.25, -0.2) is 0 Å². The van der Waals surface area contributed by atoms with Crippen molar-refractivity contribution in [2.45, 2.75) is 6.92 Å². The number of ether oxygens (including phenoxy) is 1. The lowest BCUT2D eigenvalue weighted by atomic mass is 10.1. The van der Waals surface area contributed by atoms with E-state index in [4.69, 9.17) is 4.74 Å². The Bertz CT molecular complexity index is 601. The highest BCUT2D eigenvalue weighted by molar-refractivity contribution is 6.45. The molecule has 1 heterocycles. The van der Waals surface area contributed by atoms with E-state index in [9.17, 15) is 9.59 Å². The maximum Gasteiger partial charge on any atom is 0.292 e. The highest BCUT2D eigenvalue weighted by atomic mass is 16.5. The molecule has 1 amide bonds. The Morgan fingerprint density at radius 1 is 1.39 bits per heavy atom. The highest BCUT2D eigenvalue weighted by Crippen LogP contribution is 2.28. The minimum absolute atomic E-state index is 0.327. The van der Waals surface area contributed by atoms with Gasteiger partial charge in [0, 0.05) is 18.3 Å². The maximum absolute atomic E-state index is 12.0. The van der Waals surface area contributed by atoms with Crippen LogP contribution in [0, 0.1) is 0 Å². The van der Waals surface area contributed by atoms with Gasteiger partial charge in [-0.2, -0.15) is 0 Å². The zero-order valence-electron chi connectivity index (χ0n) is 10.2. The van der Waals surface area contributed by atoms with E-state index >= 15 is 0 Å². The number of carbonyl (C=O) groups is 2. The number of amides is 1. The molecule has 0 aliphatic heterocycles. The zero-order valence-corrected chi connectivity index (χ0v) is 10.2. The van der Waals surface area contributed by atoms with Gasteiger partial charge in [0.05, 0.1) is 18.1 Å². The molecule has 1 aromatic carbocycles. The van der Waals surface area contributed by atoms with Gasteiger partial charge in [0.1, 0.15) is 5.75 Å². The number of carbonyl (C=O) groups excluding carboxylic acids is 2. The number of H-pyrrole nitrogens is 1. The average molecular weight is 246 g/mol. The summed E-state index contributed by atoms with van der Waals surface area (Å²) in [5.41, 5.74) is 1.09. The molecule has 94 valence electrons. The minimum atomic E-state index is -0.607. The van der Waals surface area contributed by atoms with Crippen LogP contribution in [0.3, 0.4) is 0 Å². The fourth-order valence-electron chi connectivity index (χ4n) is 1.86. The van der Waals surface area contributed by atoms with Crippen molar-refractivity contribution in [3.63, 3.8) is 0 Å². The van der Waals surface area contributed by atoms with Crippen molar-refractivity contribution in [3.8, 4) is 5.75 Å². The molecule has 0 atom stereocenters. The number of rotatable bonds is 4. The second-order valence-corrected chi connectivity index (χ2v) is 3.77. The molecule has 0 radical (unpaired) electrons. The summed E-state index contributed by atoms with van der Waals surface area (Å²) in [6.07, 6.45) is 1.53. The predicted octanol–water partition coefficient (Wildman–Crippen LogP) is 1.50. The first-order chi connectivity index (χ1) is 8.69. The summed E-state index contributed by atoms with van der Waals surface area (Å²) in [6, 6.07) is 5.40. The number of hydrogen-bond acceptors (Lipinski definition) is 3. The molecular weight excluding hydrogens is 232 g/mol. The number of aromatic amines is 1. The van der Waals surface area contributed by atoms with Crippen LogP contribution in [0.15, 0.2) is 24.4 Å². The van der Waals surface area contributed by atoms with Gasteiger partial charge in [0.15, 0.2) is 0 Å². The van der Waals surface area contributed by atoms with E-state index in [1.807, 2.05) is 12.1 Å². The van der Waals surface area contributed by atoms with Crippen LogP contribution < -0.4 is 10.1 Å². The Balaban J connectivity index is 2.51. The van der Waals surface area contributed by atoms with E-state index in [0.29, 0.717) is 23.2 Å². The van der Waals surface area contributed by atoms with Crippen molar-refractivity contribution >= 4 is 22.6 Å². The topological polar surface area (TPSA) is 71.2 Å². The Labute approximate surface area is 104 Å². The lowest BCUT2D eigenvalue weighted by Gasteiger charge is -2.04. The molecular formula is C13H14N2O3. The van der Waals surface area contributed by atoms with Gasteiger partial charge >= 0.3 is 0 Å². The van der Waals surface area contributed by atoms with E-state index in [1.54, 1.807) is 13.0 Å². The van der Waals surface area contributed by atoms with Gasteiger partial charge < -0.3 is 15.0 Å². The summed E-state index contributed by atoms with van der Waals surface area (Å²) in [6.45, 7) is 2.19. The van der Waals surface area contributed by atoms with E-state index in [-0.39, 0.29) is 0 Å². The number of nitrogens with one attached hydrogen (secondary N) is 2. The number of ketones is 1. The van der Waals surface area contributed by atoms with Gasteiger partial charge in [-0.15, -0.1) is 0 Å². The molecule has 18 heavy (non-hydrogen) atoms. The lowest BCUT2D eigenvalue weighted by Crippen LogP contribution is -2.30. The molecule has 5 nitrogen and oxygen atoms in total. The van der Waals surface area contributed by atoms with Crippen LogP contribution in [0.25, 0.3) is 10.9 Å². The third kappa shape index (κ3) is 1.95.